The zero-order valence-electron chi connectivity index (χ0n) is 18.1. The standard InChI is InChI=1S/C25H31N3O2/c1-25(2,3)19-24(30)28-17-15-27(16-18-28)22-12-10-21(11-13-22)26-23(29)14-9-20-7-5-4-6-8-20/h4-14H,15-19H2,1-3H3,(H,26,29)/b14-9+. The summed E-state index contributed by atoms with van der Waals surface area (Å²) in [5.74, 6) is 0.0846. The Kier molecular flexibility index (Phi) is 6.93. The molecule has 2 aromatic rings. The number of rotatable bonds is 5. The highest BCUT2D eigenvalue weighted by Gasteiger charge is 2.24. The van der Waals surface area contributed by atoms with Gasteiger partial charge in [0.25, 0.3) is 0 Å². The predicted molar refractivity (Wildman–Crippen MR) is 123 cm³/mol. The average molecular weight is 406 g/mol. The smallest absolute Gasteiger partial charge is 0.248 e. The molecule has 2 amide bonds. The highest BCUT2D eigenvalue weighted by molar-refractivity contribution is 6.02. The number of nitrogens with zero attached hydrogens (tertiary/aromatic N) is 2. The summed E-state index contributed by atoms with van der Waals surface area (Å²) in [5.41, 5.74) is 2.88. The first-order valence-electron chi connectivity index (χ1n) is 10.5. The van der Waals surface area contributed by atoms with Crippen molar-refractivity contribution >= 4 is 29.3 Å². The third kappa shape index (κ3) is 6.48. The molecule has 0 aliphatic carbocycles. The molecule has 158 valence electrons. The summed E-state index contributed by atoms with van der Waals surface area (Å²) in [4.78, 5) is 28.8. The molecular formula is C25H31N3O2. The molecule has 5 heteroatoms. The molecule has 1 aliphatic heterocycles. The van der Waals surface area contributed by atoms with Crippen molar-refractivity contribution in [2.24, 2.45) is 5.41 Å². The van der Waals surface area contributed by atoms with E-state index in [0.29, 0.717) is 6.42 Å². The van der Waals surface area contributed by atoms with E-state index in [4.69, 9.17) is 0 Å². The van der Waals surface area contributed by atoms with E-state index >= 15 is 0 Å². The van der Waals surface area contributed by atoms with Crippen LogP contribution in [0.25, 0.3) is 6.08 Å². The molecule has 0 unspecified atom stereocenters. The van der Waals surface area contributed by atoms with Gasteiger partial charge in [0.2, 0.25) is 11.8 Å². The number of benzene rings is 2. The number of piperazine rings is 1. The van der Waals surface area contributed by atoms with Crippen LogP contribution < -0.4 is 10.2 Å². The monoisotopic (exact) mass is 405 g/mol. The molecule has 0 bridgehead atoms. The van der Waals surface area contributed by atoms with Gasteiger partial charge >= 0.3 is 0 Å². The lowest BCUT2D eigenvalue weighted by molar-refractivity contribution is -0.133. The molecule has 0 atom stereocenters. The first kappa shape index (κ1) is 21.6. The normalized spacial score (nSPS) is 14.8. The first-order chi connectivity index (χ1) is 14.3. The van der Waals surface area contributed by atoms with Gasteiger partial charge in [-0.05, 0) is 41.3 Å². The van der Waals surface area contributed by atoms with Crippen molar-refractivity contribution in [1.82, 2.24) is 4.90 Å². The van der Waals surface area contributed by atoms with E-state index in [1.165, 1.54) is 6.08 Å². The average Bonchev–Trinajstić information content (AvgIpc) is 2.72. The van der Waals surface area contributed by atoms with Crippen LogP contribution in [0.5, 0.6) is 0 Å². The van der Waals surface area contributed by atoms with E-state index < -0.39 is 0 Å². The van der Waals surface area contributed by atoms with Gasteiger partial charge in [-0.2, -0.15) is 0 Å². The van der Waals surface area contributed by atoms with E-state index in [0.717, 1.165) is 43.1 Å². The van der Waals surface area contributed by atoms with Crippen LogP contribution in [0.3, 0.4) is 0 Å². The Morgan fingerprint density at radius 1 is 0.933 bits per heavy atom. The summed E-state index contributed by atoms with van der Waals surface area (Å²) in [5, 5.41) is 2.89. The minimum Gasteiger partial charge on any atom is -0.368 e. The van der Waals surface area contributed by atoms with Gasteiger partial charge in [-0.25, -0.2) is 0 Å². The lowest BCUT2D eigenvalue weighted by atomic mass is 9.91. The molecule has 2 aromatic carbocycles. The largest absolute Gasteiger partial charge is 0.368 e. The summed E-state index contributed by atoms with van der Waals surface area (Å²) in [6, 6.07) is 17.6. The van der Waals surface area contributed by atoms with Crippen LogP contribution in [0.4, 0.5) is 11.4 Å². The fraction of sp³-hybridized carbons (Fsp3) is 0.360. The number of carbonyl (C=O) groups excluding carboxylic acids is 2. The molecule has 0 aromatic heterocycles. The molecule has 1 fully saturated rings. The van der Waals surface area contributed by atoms with Crippen LogP contribution in [0.15, 0.2) is 60.7 Å². The quantitative estimate of drug-likeness (QED) is 0.749. The predicted octanol–water partition coefficient (Wildman–Crippen LogP) is 4.42. The summed E-state index contributed by atoms with van der Waals surface area (Å²) in [6.07, 6.45) is 3.92. The maximum absolute atomic E-state index is 12.4. The number of hydrogen-bond acceptors (Lipinski definition) is 3. The molecule has 1 saturated heterocycles. The number of hydrogen-bond donors (Lipinski definition) is 1. The highest BCUT2D eigenvalue weighted by Crippen LogP contribution is 2.23. The Morgan fingerprint density at radius 2 is 1.57 bits per heavy atom. The van der Waals surface area contributed by atoms with Crippen LogP contribution in [0, 0.1) is 5.41 Å². The van der Waals surface area contributed by atoms with Crippen LogP contribution in [0.2, 0.25) is 0 Å². The van der Waals surface area contributed by atoms with Crippen molar-refractivity contribution in [3.8, 4) is 0 Å². The molecule has 1 N–H and O–H groups in total. The second-order valence-electron chi connectivity index (χ2n) is 8.89. The molecule has 5 nitrogen and oxygen atoms in total. The third-order valence-corrected chi connectivity index (χ3v) is 5.04. The third-order valence-electron chi connectivity index (χ3n) is 5.04. The van der Waals surface area contributed by atoms with Crippen molar-refractivity contribution in [1.29, 1.82) is 0 Å². The fourth-order valence-electron chi connectivity index (χ4n) is 3.46. The van der Waals surface area contributed by atoms with Crippen molar-refractivity contribution in [3.05, 3.63) is 66.2 Å². The Hall–Kier alpha value is -3.08. The Labute approximate surface area is 179 Å². The Morgan fingerprint density at radius 3 is 2.17 bits per heavy atom. The van der Waals surface area contributed by atoms with Gasteiger partial charge in [-0.3, -0.25) is 9.59 Å². The molecule has 0 radical (unpaired) electrons. The van der Waals surface area contributed by atoms with E-state index in [1.807, 2.05) is 59.5 Å². The topological polar surface area (TPSA) is 52.7 Å². The van der Waals surface area contributed by atoms with Crippen LogP contribution in [-0.4, -0.2) is 42.9 Å². The lowest BCUT2D eigenvalue weighted by Gasteiger charge is -2.37. The number of carbonyl (C=O) groups is 2. The van der Waals surface area contributed by atoms with Gasteiger partial charge in [0.15, 0.2) is 0 Å². The van der Waals surface area contributed by atoms with Crippen LogP contribution in [-0.2, 0) is 9.59 Å². The number of nitrogens with one attached hydrogen (secondary N) is 1. The SMILES string of the molecule is CC(C)(C)CC(=O)N1CCN(c2ccc(NC(=O)/C=C/c3ccccc3)cc2)CC1. The number of amides is 2. The maximum Gasteiger partial charge on any atom is 0.248 e. The summed E-state index contributed by atoms with van der Waals surface area (Å²) < 4.78 is 0. The summed E-state index contributed by atoms with van der Waals surface area (Å²) >= 11 is 0. The van der Waals surface area contributed by atoms with Crippen LogP contribution in [0.1, 0.15) is 32.8 Å². The molecule has 1 aliphatic rings. The lowest BCUT2D eigenvalue weighted by Crippen LogP contribution is -2.49. The number of anilines is 2. The molecular weight excluding hydrogens is 374 g/mol. The zero-order chi connectivity index (χ0) is 21.6. The summed E-state index contributed by atoms with van der Waals surface area (Å²) in [6.45, 7) is 9.43. The van der Waals surface area contributed by atoms with Gasteiger partial charge in [0.1, 0.15) is 0 Å². The molecule has 0 spiro atoms. The van der Waals surface area contributed by atoms with Gasteiger partial charge in [-0.15, -0.1) is 0 Å². The minimum absolute atomic E-state index is 0.0186. The Bertz CT molecular complexity index is 875. The molecule has 1 heterocycles. The van der Waals surface area contributed by atoms with E-state index in [-0.39, 0.29) is 17.2 Å². The minimum atomic E-state index is -0.155. The van der Waals surface area contributed by atoms with Crippen molar-refractivity contribution < 1.29 is 9.59 Å². The molecule has 30 heavy (non-hydrogen) atoms. The maximum atomic E-state index is 12.4. The van der Waals surface area contributed by atoms with Gasteiger partial charge in [0, 0.05) is 50.1 Å². The molecule has 0 saturated carbocycles. The van der Waals surface area contributed by atoms with E-state index in [2.05, 4.69) is 31.0 Å². The zero-order valence-corrected chi connectivity index (χ0v) is 18.1. The van der Waals surface area contributed by atoms with E-state index in [9.17, 15) is 9.59 Å². The summed E-state index contributed by atoms with van der Waals surface area (Å²) in [7, 11) is 0. The Balaban J connectivity index is 1.49. The van der Waals surface area contributed by atoms with Crippen molar-refractivity contribution in [2.45, 2.75) is 27.2 Å². The second-order valence-corrected chi connectivity index (χ2v) is 8.89. The van der Waals surface area contributed by atoms with E-state index in [1.54, 1.807) is 6.08 Å². The first-order valence-corrected chi connectivity index (χ1v) is 10.5. The second kappa shape index (κ2) is 9.61. The van der Waals surface area contributed by atoms with Gasteiger partial charge < -0.3 is 15.1 Å². The van der Waals surface area contributed by atoms with Crippen molar-refractivity contribution in [2.75, 3.05) is 36.4 Å². The van der Waals surface area contributed by atoms with Crippen LogP contribution >= 0.6 is 0 Å². The van der Waals surface area contributed by atoms with Gasteiger partial charge in [-0.1, -0.05) is 51.1 Å². The highest BCUT2D eigenvalue weighted by atomic mass is 16.2. The van der Waals surface area contributed by atoms with Crippen molar-refractivity contribution in [3.63, 3.8) is 0 Å². The molecule has 3 rings (SSSR count). The van der Waals surface area contributed by atoms with Gasteiger partial charge in [0.05, 0.1) is 0 Å². The fourth-order valence-corrected chi connectivity index (χ4v) is 3.46.